The van der Waals surface area contributed by atoms with Gasteiger partial charge in [-0.05, 0) is 24.5 Å². The standard InChI is InChI=1S/C22H28N2O2S2/c1-2-3-4-5-6-7-8-9-10-11-12-16-13-18(25)20-21(19(16)26)28-22(27-20)17(14-23)15-24/h13,25-26H,2-12H2,1H3. The Morgan fingerprint density at radius 3 is 1.96 bits per heavy atom. The van der Waals surface area contributed by atoms with Crippen molar-refractivity contribution in [1.82, 2.24) is 0 Å². The molecule has 150 valence electrons. The number of hydrogen-bond acceptors (Lipinski definition) is 6. The fraction of sp³-hybridized carbons (Fsp3) is 0.545. The number of aryl methyl sites for hydroxylation is 1. The zero-order valence-corrected chi connectivity index (χ0v) is 18.1. The number of thioether (sulfide) groups is 2. The second-order valence-electron chi connectivity index (χ2n) is 7.08. The monoisotopic (exact) mass is 416 g/mol. The number of allylic oxidation sites excluding steroid dienone is 1. The zero-order valence-electron chi connectivity index (χ0n) is 16.5. The number of hydrogen-bond donors (Lipinski definition) is 2. The summed E-state index contributed by atoms with van der Waals surface area (Å²) in [6, 6.07) is 5.36. The smallest absolute Gasteiger partial charge is 0.150 e. The minimum Gasteiger partial charge on any atom is -0.507 e. The molecular weight excluding hydrogens is 388 g/mol. The molecule has 0 fully saturated rings. The summed E-state index contributed by atoms with van der Waals surface area (Å²) < 4.78 is 0.515. The van der Waals surface area contributed by atoms with Crippen LogP contribution in [0.15, 0.2) is 25.7 Å². The summed E-state index contributed by atoms with van der Waals surface area (Å²) in [5.74, 6) is 0.282. The van der Waals surface area contributed by atoms with Crippen molar-refractivity contribution < 1.29 is 10.2 Å². The van der Waals surface area contributed by atoms with Gasteiger partial charge in [0, 0.05) is 0 Å². The molecule has 0 spiro atoms. The molecule has 0 aliphatic carbocycles. The van der Waals surface area contributed by atoms with Crippen LogP contribution in [0.5, 0.6) is 11.5 Å². The van der Waals surface area contributed by atoms with Crippen LogP contribution in [0.25, 0.3) is 0 Å². The summed E-state index contributed by atoms with van der Waals surface area (Å²) in [5.41, 5.74) is 0.752. The average molecular weight is 417 g/mol. The Morgan fingerprint density at radius 1 is 0.857 bits per heavy atom. The lowest BCUT2D eigenvalue weighted by Gasteiger charge is -2.10. The Kier molecular flexibility index (Phi) is 9.61. The number of nitrogens with zero attached hydrogens (tertiary/aromatic N) is 2. The van der Waals surface area contributed by atoms with Crippen LogP contribution in [0, 0.1) is 22.7 Å². The Bertz CT molecular complexity index is 775. The van der Waals surface area contributed by atoms with Crippen molar-refractivity contribution in [2.45, 2.75) is 87.3 Å². The normalized spacial score (nSPS) is 12.5. The zero-order chi connectivity index (χ0) is 20.4. The Labute approximate surface area is 176 Å². The number of phenolic OH excluding ortho intramolecular Hbond substituents is 2. The summed E-state index contributed by atoms with van der Waals surface area (Å²) >= 11 is 2.37. The number of aromatic hydroxyl groups is 2. The molecule has 0 saturated heterocycles. The van der Waals surface area contributed by atoms with E-state index in [9.17, 15) is 10.2 Å². The van der Waals surface area contributed by atoms with Crippen molar-refractivity contribution in [3.63, 3.8) is 0 Å². The van der Waals surface area contributed by atoms with Gasteiger partial charge in [0.1, 0.15) is 29.2 Å². The second-order valence-corrected chi connectivity index (χ2v) is 9.38. The van der Waals surface area contributed by atoms with Crippen LogP contribution < -0.4 is 0 Å². The molecule has 1 aromatic rings. The average Bonchev–Trinajstić information content (AvgIpc) is 3.14. The third-order valence-electron chi connectivity index (χ3n) is 4.89. The van der Waals surface area contributed by atoms with E-state index in [1.54, 1.807) is 6.07 Å². The predicted octanol–water partition coefficient (Wildman–Crippen LogP) is 7.02. The number of nitriles is 2. The Hall–Kier alpha value is -1.76. The highest BCUT2D eigenvalue weighted by Gasteiger charge is 2.28. The Morgan fingerprint density at radius 2 is 1.39 bits per heavy atom. The van der Waals surface area contributed by atoms with Crippen molar-refractivity contribution in [3.05, 3.63) is 21.4 Å². The highest BCUT2D eigenvalue weighted by molar-refractivity contribution is 8.24. The first-order valence-corrected chi connectivity index (χ1v) is 11.7. The lowest BCUT2D eigenvalue weighted by atomic mass is 10.0. The van der Waals surface area contributed by atoms with Crippen molar-refractivity contribution in [3.8, 4) is 23.6 Å². The van der Waals surface area contributed by atoms with Crippen molar-refractivity contribution in [1.29, 1.82) is 10.5 Å². The van der Waals surface area contributed by atoms with E-state index in [0.29, 0.717) is 14.0 Å². The van der Waals surface area contributed by atoms with Crippen LogP contribution in [0.2, 0.25) is 0 Å². The van der Waals surface area contributed by atoms with Gasteiger partial charge < -0.3 is 10.2 Å². The number of benzene rings is 1. The van der Waals surface area contributed by atoms with E-state index < -0.39 is 0 Å². The molecule has 1 aromatic carbocycles. The first-order valence-electron chi connectivity index (χ1n) is 10.1. The van der Waals surface area contributed by atoms with Crippen LogP contribution in [0.3, 0.4) is 0 Å². The number of phenols is 2. The maximum atomic E-state index is 10.6. The largest absolute Gasteiger partial charge is 0.507 e. The van der Waals surface area contributed by atoms with Crippen LogP contribution in [0.1, 0.15) is 76.7 Å². The molecule has 1 aliphatic rings. The summed E-state index contributed by atoms with van der Waals surface area (Å²) in [5, 5.41) is 39.0. The molecule has 0 aromatic heterocycles. The van der Waals surface area contributed by atoms with Crippen LogP contribution in [-0.4, -0.2) is 10.2 Å². The lowest BCUT2D eigenvalue weighted by molar-refractivity contribution is 0.428. The lowest BCUT2D eigenvalue weighted by Crippen LogP contribution is -1.90. The molecule has 6 heteroatoms. The van der Waals surface area contributed by atoms with Crippen molar-refractivity contribution in [2.75, 3.05) is 0 Å². The van der Waals surface area contributed by atoms with Crippen LogP contribution in [0.4, 0.5) is 0 Å². The van der Waals surface area contributed by atoms with Gasteiger partial charge in [-0.15, -0.1) is 0 Å². The van der Waals surface area contributed by atoms with Crippen molar-refractivity contribution in [2.24, 2.45) is 0 Å². The van der Waals surface area contributed by atoms with E-state index in [-0.39, 0.29) is 17.1 Å². The van der Waals surface area contributed by atoms with E-state index in [1.165, 1.54) is 74.9 Å². The van der Waals surface area contributed by atoms with Gasteiger partial charge in [-0.2, -0.15) is 10.5 Å². The molecule has 0 amide bonds. The van der Waals surface area contributed by atoms with E-state index in [4.69, 9.17) is 10.5 Å². The molecule has 1 aliphatic heterocycles. The van der Waals surface area contributed by atoms with Crippen LogP contribution in [-0.2, 0) is 6.42 Å². The first-order chi connectivity index (χ1) is 13.6. The van der Waals surface area contributed by atoms with E-state index in [0.717, 1.165) is 24.8 Å². The number of fused-ring (bicyclic) bond motifs is 1. The molecule has 0 unspecified atom stereocenters. The quantitative estimate of drug-likeness (QED) is 0.229. The van der Waals surface area contributed by atoms with Gasteiger partial charge in [0.15, 0.2) is 0 Å². The molecule has 1 heterocycles. The summed E-state index contributed by atoms with van der Waals surface area (Å²) in [7, 11) is 0. The fourth-order valence-electron chi connectivity index (χ4n) is 3.28. The van der Waals surface area contributed by atoms with Gasteiger partial charge in [-0.3, -0.25) is 0 Å². The minimum absolute atomic E-state index is 0.0150. The van der Waals surface area contributed by atoms with Crippen LogP contribution >= 0.6 is 23.5 Å². The number of unbranched alkanes of at least 4 members (excludes halogenated alkanes) is 9. The highest BCUT2D eigenvalue weighted by atomic mass is 32.2. The molecular formula is C22H28N2O2S2. The maximum Gasteiger partial charge on any atom is 0.150 e. The van der Waals surface area contributed by atoms with E-state index in [2.05, 4.69) is 6.92 Å². The third-order valence-corrected chi connectivity index (χ3v) is 7.51. The van der Waals surface area contributed by atoms with E-state index in [1.807, 2.05) is 12.1 Å². The fourth-order valence-corrected chi connectivity index (χ4v) is 5.73. The topological polar surface area (TPSA) is 88.0 Å². The Balaban J connectivity index is 1.82. The third kappa shape index (κ3) is 6.12. The van der Waals surface area contributed by atoms with Gasteiger partial charge in [0.05, 0.1) is 14.0 Å². The summed E-state index contributed by atoms with van der Waals surface area (Å²) in [4.78, 5) is 1.09. The minimum atomic E-state index is 0.0150. The predicted molar refractivity (Wildman–Crippen MR) is 115 cm³/mol. The van der Waals surface area contributed by atoms with Gasteiger partial charge >= 0.3 is 0 Å². The molecule has 0 saturated carbocycles. The molecule has 2 N–H and O–H groups in total. The van der Waals surface area contributed by atoms with Gasteiger partial charge in [0.2, 0.25) is 0 Å². The summed E-state index contributed by atoms with van der Waals surface area (Å²) in [6.07, 6.45) is 13.3. The molecule has 0 bridgehead atoms. The first kappa shape index (κ1) is 22.5. The molecule has 28 heavy (non-hydrogen) atoms. The maximum absolute atomic E-state index is 10.6. The molecule has 0 atom stereocenters. The second kappa shape index (κ2) is 11.9. The molecule has 0 radical (unpaired) electrons. The van der Waals surface area contributed by atoms with Gasteiger partial charge in [0.25, 0.3) is 0 Å². The summed E-state index contributed by atoms with van der Waals surface area (Å²) in [6.45, 7) is 2.24. The van der Waals surface area contributed by atoms with Gasteiger partial charge in [-0.1, -0.05) is 88.2 Å². The van der Waals surface area contributed by atoms with E-state index >= 15 is 0 Å². The van der Waals surface area contributed by atoms with Crippen molar-refractivity contribution >= 4 is 23.5 Å². The SMILES string of the molecule is CCCCCCCCCCCCc1cc(O)c2c(c1O)SC(=C(C#N)C#N)S2. The number of rotatable bonds is 11. The van der Waals surface area contributed by atoms with Gasteiger partial charge in [-0.25, -0.2) is 0 Å². The molecule has 2 rings (SSSR count). The molecule has 4 nitrogen and oxygen atoms in total. The highest BCUT2D eigenvalue weighted by Crippen LogP contribution is 2.59.